The van der Waals surface area contributed by atoms with Gasteiger partial charge in [-0.2, -0.15) is 13.2 Å². The summed E-state index contributed by atoms with van der Waals surface area (Å²) < 4.78 is 45.9. The highest BCUT2D eigenvalue weighted by atomic mass is 79.9. The molecule has 10 heteroatoms. The van der Waals surface area contributed by atoms with Gasteiger partial charge in [-0.1, -0.05) is 6.07 Å². The maximum Gasteiger partial charge on any atom is 0.417 e. The lowest BCUT2D eigenvalue weighted by molar-refractivity contribution is -0.137. The van der Waals surface area contributed by atoms with Crippen molar-refractivity contribution in [2.45, 2.75) is 25.1 Å². The van der Waals surface area contributed by atoms with Gasteiger partial charge in [0.2, 0.25) is 5.88 Å². The Labute approximate surface area is 172 Å². The molecule has 1 aliphatic rings. The molecular formula is C19H16BrF3N4O2. The molecule has 6 nitrogen and oxygen atoms in total. The highest BCUT2D eigenvalue weighted by Crippen LogP contribution is 2.29. The first-order valence-corrected chi connectivity index (χ1v) is 9.74. The van der Waals surface area contributed by atoms with Crippen LogP contribution in [0.25, 0.3) is 5.52 Å². The van der Waals surface area contributed by atoms with Crippen LogP contribution in [0, 0.1) is 0 Å². The topological polar surface area (TPSA) is 59.7 Å². The van der Waals surface area contributed by atoms with Crippen LogP contribution in [0.1, 0.15) is 28.9 Å². The number of carbonyl (C=O) groups is 1. The number of fused-ring (bicyclic) bond motifs is 1. The van der Waals surface area contributed by atoms with Gasteiger partial charge in [0, 0.05) is 44.4 Å². The molecule has 1 saturated heterocycles. The summed E-state index contributed by atoms with van der Waals surface area (Å²) >= 11 is 3.36. The molecule has 0 unspecified atom stereocenters. The van der Waals surface area contributed by atoms with Crippen molar-refractivity contribution in [3.05, 3.63) is 58.7 Å². The van der Waals surface area contributed by atoms with Gasteiger partial charge in [0.15, 0.2) is 10.4 Å². The summed E-state index contributed by atoms with van der Waals surface area (Å²) in [6, 6.07) is 7.69. The van der Waals surface area contributed by atoms with E-state index in [1.54, 1.807) is 9.30 Å². The van der Waals surface area contributed by atoms with Crippen LogP contribution in [-0.2, 0) is 6.18 Å². The lowest BCUT2D eigenvalue weighted by Gasteiger charge is -2.31. The van der Waals surface area contributed by atoms with Crippen LogP contribution in [0.2, 0.25) is 0 Å². The number of piperidine rings is 1. The number of rotatable bonds is 3. The fourth-order valence-corrected chi connectivity index (χ4v) is 3.76. The second-order valence-electron chi connectivity index (χ2n) is 6.68. The minimum absolute atomic E-state index is 0.145. The van der Waals surface area contributed by atoms with E-state index in [2.05, 4.69) is 25.9 Å². The van der Waals surface area contributed by atoms with E-state index in [9.17, 15) is 18.0 Å². The first-order chi connectivity index (χ1) is 13.8. The summed E-state index contributed by atoms with van der Waals surface area (Å²) in [7, 11) is 0. The molecule has 4 heterocycles. The van der Waals surface area contributed by atoms with E-state index in [0.29, 0.717) is 36.4 Å². The number of ether oxygens (including phenoxy) is 1. The highest BCUT2D eigenvalue weighted by Gasteiger charge is 2.31. The van der Waals surface area contributed by atoms with E-state index < -0.39 is 11.7 Å². The maximum atomic E-state index is 12.9. The van der Waals surface area contributed by atoms with Crippen LogP contribution in [0.15, 0.2) is 47.5 Å². The molecule has 3 aromatic heterocycles. The van der Waals surface area contributed by atoms with E-state index in [1.807, 2.05) is 24.4 Å². The van der Waals surface area contributed by atoms with E-state index in [4.69, 9.17) is 4.74 Å². The second kappa shape index (κ2) is 7.66. The van der Waals surface area contributed by atoms with Gasteiger partial charge in [0.25, 0.3) is 5.91 Å². The number of hydrogen-bond donors (Lipinski definition) is 0. The molecule has 0 atom stereocenters. The van der Waals surface area contributed by atoms with Crippen LogP contribution in [0.5, 0.6) is 5.88 Å². The van der Waals surface area contributed by atoms with Gasteiger partial charge in [-0.25, -0.2) is 9.97 Å². The van der Waals surface area contributed by atoms with Crippen LogP contribution < -0.4 is 4.74 Å². The summed E-state index contributed by atoms with van der Waals surface area (Å²) in [6.07, 6.45) is -0.948. The van der Waals surface area contributed by atoms with Gasteiger partial charge < -0.3 is 9.64 Å². The van der Waals surface area contributed by atoms with Crippen molar-refractivity contribution >= 4 is 27.4 Å². The minimum Gasteiger partial charge on any atom is -0.474 e. The van der Waals surface area contributed by atoms with Crippen LogP contribution in [0.4, 0.5) is 13.2 Å². The number of pyridine rings is 2. The van der Waals surface area contributed by atoms with E-state index in [-0.39, 0.29) is 17.9 Å². The number of halogens is 4. The van der Waals surface area contributed by atoms with Crippen molar-refractivity contribution in [2.75, 3.05) is 13.1 Å². The summed E-state index contributed by atoms with van der Waals surface area (Å²) in [6.45, 7) is 0.932. The summed E-state index contributed by atoms with van der Waals surface area (Å²) in [5.74, 6) is -0.0164. The fraction of sp³-hybridized carbons (Fsp3) is 0.316. The Morgan fingerprint density at radius 1 is 1.17 bits per heavy atom. The van der Waals surface area contributed by atoms with Crippen LogP contribution in [0.3, 0.4) is 0 Å². The summed E-state index contributed by atoms with van der Waals surface area (Å²) in [5, 5.41) is 0. The molecule has 1 fully saturated rings. The minimum atomic E-state index is -4.43. The Morgan fingerprint density at radius 3 is 2.59 bits per heavy atom. The number of aromatic nitrogens is 3. The molecule has 152 valence electrons. The lowest BCUT2D eigenvalue weighted by atomic mass is 10.1. The van der Waals surface area contributed by atoms with Crippen molar-refractivity contribution in [1.29, 1.82) is 0 Å². The molecule has 1 aliphatic heterocycles. The van der Waals surface area contributed by atoms with Crippen molar-refractivity contribution in [3.63, 3.8) is 0 Å². The average Bonchev–Trinajstić information content (AvgIpc) is 3.05. The molecule has 0 radical (unpaired) electrons. The first kappa shape index (κ1) is 19.7. The molecule has 0 aliphatic carbocycles. The summed E-state index contributed by atoms with van der Waals surface area (Å²) in [5.41, 5.74) is 0.279. The average molecular weight is 469 g/mol. The van der Waals surface area contributed by atoms with Gasteiger partial charge >= 0.3 is 6.18 Å². The zero-order valence-electron chi connectivity index (χ0n) is 15.1. The number of amides is 1. The largest absolute Gasteiger partial charge is 0.474 e. The predicted octanol–water partition coefficient (Wildman–Crippen LogP) is 4.19. The van der Waals surface area contributed by atoms with E-state index in [1.165, 1.54) is 6.07 Å². The molecular weight excluding hydrogens is 453 g/mol. The molecule has 0 saturated carbocycles. The van der Waals surface area contributed by atoms with E-state index in [0.717, 1.165) is 17.8 Å². The molecule has 1 amide bonds. The van der Waals surface area contributed by atoms with Gasteiger partial charge in [-0.15, -0.1) is 0 Å². The molecule has 0 aromatic carbocycles. The van der Waals surface area contributed by atoms with Crippen LogP contribution >= 0.6 is 15.9 Å². The Morgan fingerprint density at radius 2 is 1.93 bits per heavy atom. The zero-order chi connectivity index (χ0) is 20.6. The SMILES string of the molecule is O=C(c1nc(Br)n2ccccc12)N1CCC(Oc2ccc(C(F)(F)F)cn2)CC1. The molecule has 3 aromatic rings. The number of likely N-dealkylation sites (tertiary alicyclic amines) is 1. The Balaban J connectivity index is 1.38. The third kappa shape index (κ3) is 4.07. The predicted molar refractivity (Wildman–Crippen MR) is 102 cm³/mol. The van der Waals surface area contributed by atoms with Crippen molar-refractivity contribution in [3.8, 4) is 5.88 Å². The Hall–Kier alpha value is -2.62. The van der Waals surface area contributed by atoms with Gasteiger partial charge in [0.05, 0.1) is 11.1 Å². The third-order valence-electron chi connectivity index (χ3n) is 4.79. The maximum absolute atomic E-state index is 12.9. The number of hydrogen-bond acceptors (Lipinski definition) is 4. The van der Waals surface area contributed by atoms with Gasteiger partial charge in [-0.3, -0.25) is 9.20 Å². The first-order valence-electron chi connectivity index (χ1n) is 8.94. The molecule has 0 spiro atoms. The normalized spacial score (nSPS) is 15.7. The highest BCUT2D eigenvalue weighted by molar-refractivity contribution is 9.10. The summed E-state index contributed by atoms with van der Waals surface area (Å²) in [4.78, 5) is 22.7. The monoisotopic (exact) mass is 468 g/mol. The van der Waals surface area contributed by atoms with Crippen molar-refractivity contribution in [1.82, 2.24) is 19.3 Å². The lowest BCUT2D eigenvalue weighted by Crippen LogP contribution is -2.42. The van der Waals surface area contributed by atoms with E-state index >= 15 is 0 Å². The number of carbonyl (C=O) groups excluding carboxylic acids is 1. The molecule has 0 N–H and O–H groups in total. The number of imidazole rings is 1. The fourth-order valence-electron chi connectivity index (χ4n) is 3.27. The molecule has 29 heavy (non-hydrogen) atoms. The number of nitrogens with zero attached hydrogens (tertiary/aromatic N) is 4. The quantitative estimate of drug-likeness (QED) is 0.578. The Bertz CT molecular complexity index is 1030. The van der Waals surface area contributed by atoms with Crippen molar-refractivity contribution in [2.24, 2.45) is 0 Å². The second-order valence-corrected chi connectivity index (χ2v) is 7.39. The van der Waals surface area contributed by atoms with Crippen molar-refractivity contribution < 1.29 is 22.7 Å². The molecule has 0 bridgehead atoms. The standard InChI is InChI=1S/C19H16BrF3N4O2/c20-18-25-16(14-3-1-2-8-27(14)18)17(28)26-9-6-13(7-10-26)29-15-5-4-12(11-24-15)19(21,22)23/h1-5,8,11,13H,6-7,9-10H2. The van der Waals surface area contributed by atoms with Gasteiger partial charge in [0.1, 0.15) is 6.10 Å². The van der Waals surface area contributed by atoms with Gasteiger partial charge in [-0.05, 0) is 34.1 Å². The zero-order valence-corrected chi connectivity index (χ0v) is 16.7. The number of alkyl halides is 3. The van der Waals surface area contributed by atoms with Crippen LogP contribution in [-0.4, -0.2) is 44.4 Å². The third-order valence-corrected chi connectivity index (χ3v) is 5.35. The smallest absolute Gasteiger partial charge is 0.417 e. The Kier molecular flexibility index (Phi) is 5.20. The molecule has 4 rings (SSSR count).